The van der Waals surface area contributed by atoms with Crippen molar-refractivity contribution in [3.8, 4) is 11.5 Å². The number of halogens is 3. The summed E-state index contributed by atoms with van der Waals surface area (Å²) in [6.07, 6.45) is -2.92. The molecule has 1 aliphatic heterocycles. The SMILES string of the molecule is O=C1/C(=C/c2ccc(C(F)(F)F)cc2)COc2ccc(O)cc21. The first-order valence-corrected chi connectivity index (χ1v) is 6.73. The van der Waals surface area contributed by atoms with Crippen molar-refractivity contribution >= 4 is 11.9 Å². The average molecular weight is 320 g/mol. The summed E-state index contributed by atoms with van der Waals surface area (Å²) in [7, 11) is 0. The molecule has 1 aliphatic rings. The summed E-state index contributed by atoms with van der Waals surface area (Å²) < 4.78 is 43.0. The quantitative estimate of drug-likeness (QED) is 0.806. The Morgan fingerprint density at radius 1 is 1.09 bits per heavy atom. The Kier molecular flexibility index (Phi) is 3.60. The van der Waals surface area contributed by atoms with Crippen LogP contribution in [-0.2, 0) is 6.18 Å². The van der Waals surface area contributed by atoms with E-state index in [4.69, 9.17) is 4.74 Å². The number of benzene rings is 2. The summed E-state index contributed by atoms with van der Waals surface area (Å²) in [5.74, 6) is -0.00380. The molecule has 0 saturated heterocycles. The second-order valence-electron chi connectivity index (χ2n) is 5.09. The van der Waals surface area contributed by atoms with Gasteiger partial charge in [-0.2, -0.15) is 13.2 Å². The molecule has 0 amide bonds. The number of carbonyl (C=O) groups excluding carboxylic acids is 1. The van der Waals surface area contributed by atoms with Crippen molar-refractivity contribution in [2.24, 2.45) is 0 Å². The maximum atomic E-state index is 12.5. The molecule has 3 nitrogen and oxygen atoms in total. The molecule has 23 heavy (non-hydrogen) atoms. The zero-order valence-electron chi connectivity index (χ0n) is 11.7. The van der Waals surface area contributed by atoms with Gasteiger partial charge >= 0.3 is 6.18 Å². The number of fused-ring (bicyclic) bond motifs is 1. The number of hydrogen-bond donors (Lipinski definition) is 1. The van der Waals surface area contributed by atoms with Gasteiger partial charge in [-0.15, -0.1) is 0 Å². The van der Waals surface area contributed by atoms with Crippen LogP contribution in [0.15, 0.2) is 48.0 Å². The molecule has 0 bridgehead atoms. The zero-order valence-corrected chi connectivity index (χ0v) is 11.7. The standard InChI is InChI=1S/C17H11F3O3/c18-17(19,20)12-3-1-10(2-4-12)7-11-9-23-15-6-5-13(21)8-14(15)16(11)22/h1-8,21H,9H2/b11-7+. The molecular weight excluding hydrogens is 309 g/mol. The Bertz CT molecular complexity index is 790. The molecule has 0 unspecified atom stereocenters. The Hall–Kier alpha value is -2.76. The molecule has 2 aromatic rings. The van der Waals surface area contributed by atoms with E-state index in [0.717, 1.165) is 12.1 Å². The van der Waals surface area contributed by atoms with Crippen LogP contribution < -0.4 is 4.74 Å². The van der Waals surface area contributed by atoms with Crippen LogP contribution in [0, 0.1) is 0 Å². The van der Waals surface area contributed by atoms with Crippen LogP contribution in [-0.4, -0.2) is 17.5 Å². The summed E-state index contributed by atoms with van der Waals surface area (Å²) in [5.41, 5.74) is 0.256. The minimum absolute atomic E-state index is 0.0254. The van der Waals surface area contributed by atoms with Crippen LogP contribution in [0.3, 0.4) is 0 Å². The normalized spacial score (nSPS) is 16.1. The molecule has 1 N–H and O–H groups in total. The highest BCUT2D eigenvalue weighted by atomic mass is 19.4. The molecular formula is C17H11F3O3. The van der Waals surface area contributed by atoms with Crippen molar-refractivity contribution in [3.63, 3.8) is 0 Å². The minimum atomic E-state index is -4.40. The number of phenols is 1. The smallest absolute Gasteiger partial charge is 0.416 e. The lowest BCUT2D eigenvalue weighted by Crippen LogP contribution is -2.18. The van der Waals surface area contributed by atoms with Crippen molar-refractivity contribution < 1.29 is 27.8 Å². The van der Waals surface area contributed by atoms with Gasteiger partial charge in [0.2, 0.25) is 0 Å². The Morgan fingerprint density at radius 3 is 2.43 bits per heavy atom. The monoisotopic (exact) mass is 320 g/mol. The second-order valence-corrected chi connectivity index (χ2v) is 5.09. The van der Waals surface area contributed by atoms with E-state index in [1.165, 1.54) is 36.4 Å². The number of phenolic OH excluding ortho intramolecular Hbond substituents is 1. The molecule has 2 aromatic carbocycles. The highest BCUT2D eigenvalue weighted by Gasteiger charge is 2.30. The number of ether oxygens (including phenoxy) is 1. The fourth-order valence-electron chi connectivity index (χ4n) is 2.29. The van der Waals surface area contributed by atoms with Gasteiger partial charge in [-0.05, 0) is 42.0 Å². The summed E-state index contributed by atoms with van der Waals surface area (Å²) in [6.45, 7) is 0.0254. The molecule has 0 fully saturated rings. The number of rotatable bonds is 1. The van der Waals surface area contributed by atoms with Crippen LogP contribution >= 0.6 is 0 Å². The Morgan fingerprint density at radius 2 is 1.78 bits per heavy atom. The fraction of sp³-hybridized carbons (Fsp3) is 0.118. The maximum absolute atomic E-state index is 12.5. The molecule has 0 radical (unpaired) electrons. The third-order valence-electron chi connectivity index (χ3n) is 3.46. The topological polar surface area (TPSA) is 46.5 Å². The summed E-state index contributed by atoms with van der Waals surface area (Å²) in [6, 6.07) is 8.72. The molecule has 0 atom stereocenters. The van der Waals surface area contributed by atoms with Crippen LogP contribution in [0.5, 0.6) is 11.5 Å². The lowest BCUT2D eigenvalue weighted by atomic mass is 9.98. The van der Waals surface area contributed by atoms with Gasteiger partial charge in [-0.25, -0.2) is 0 Å². The fourth-order valence-corrected chi connectivity index (χ4v) is 2.29. The predicted molar refractivity (Wildman–Crippen MR) is 77.4 cm³/mol. The first-order valence-electron chi connectivity index (χ1n) is 6.73. The van der Waals surface area contributed by atoms with Gasteiger partial charge in [0.05, 0.1) is 11.1 Å². The predicted octanol–water partition coefficient (Wildman–Crippen LogP) is 4.07. The summed E-state index contributed by atoms with van der Waals surface area (Å²) in [4.78, 5) is 12.4. The van der Waals surface area contributed by atoms with Crippen molar-refractivity contribution in [2.45, 2.75) is 6.18 Å². The zero-order chi connectivity index (χ0) is 16.6. The number of alkyl halides is 3. The van der Waals surface area contributed by atoms with Crippen molar-refractivity contribution in [3.05, 3.63) is 64.7 Å². The minimum Gasteiger partial charge on any atom is -0.508 e. The first-order chi connectivity index (χ1) is 10.8. The number of aromatic hydroxyl groups is 1. The van der Waals surface area contributed by atoms with Gasteiger partial charge in [0.25, 0.3) is 0 Å². The molecule has 6 heteroatoms. The van der Waals surface area contributed by atoms with Crippen LogP contribution in [0.1, 0.15) is 21.5 Å². The van der Waals surface area contributed by atoms with Crippen molar-refractivity contribution in [2.75, 3.05) is 6.61 Å². The second kappa shape index (κ2) is 5.46. The van der Waals surface area contributed by atoms with E-state index in [9.17, 15) is 23.1 Å². The Balaban J connectivity index is 1.90. The van der Waals surface area contributed by atoms with Crippen LogP contribution in [0.4, 0.5) is 13.2 Å². The third kappa shape index (κ3) is 3.06. The van der Waals surface area contributed by atoms with Crippen LogP contribution in [0.25, 0.3) is 6.08 Å². The molecule has 3 rings (SSSR count). The Labute approximate surface area is 129 Å². The summed E-state index contributed by atoms with van der Waals surface area (Å²) >= 11 is 0. The van der Waals surface area contributed by atoms with E-state index >= 15 is 0 Å². The summed E-state index contributed by atoms with van der Waals surface area (Å²) in [5, 5.41) is 9.45. The largest absolute Gasteiger partial charge is 0.508 e. The van der Waals surface area contributed by atoms with E-state index in [-0.39, 0.29) is 23.7 Å². The van der Waals surface area contributed by atoms with Gasteiger partial charge in [0.1, 0.15) is 18.1 Å². The highest BCUT2D eigenvalue weighted by Crippen LogP contribution is 2.32. The van der Waals surface area contributed by atoms with Gasteiger partial charge in [0.15, 0.2) is 5.78 Å². The molecule has 0 aromatic heterocycles. The van der Waals surface area contributed by atoms with E-state index in [2.05, 4.69) is 0 Å². The molecule has 1 heterocycles. The average Bonchev–Trinajstić information content (AvgIpc) is 2.50. The number of Topliss-reactive ketones (excluding diaryl/α,β-unsaturated/α-hetero) is 1. The molecule has 0 aliphatic carbocycles. The third-order valence-corrected chi connectivity index (χ3v) is 3.46. The van der Waals surface area contributed by atoms with Crippen molar-refractivity contribution in [1.82, 2.24) is 0 Å². The van der Waals surface area contributed by atoms with E-state index in [1.54, 1.807) is 0 Å². The molecule has 118 valence electrons. The maximum Gasteiger partial charge on any atom is 0.416 e. The van der Waals surface area contributed by atoms with Gasteiger partial charge in [-0.3, -0.25) is 4.79 Å². The van der Waals surface area contributed by atoms with Crippen LogP contribution in [0.2, 0.25) is 0 Å². The van der Waals surface area contributed by atoms with Crippen molar-refractivity contribution in [1.29, 1.82) is 0 Å². The van der Waals surface area contributed by atoms with Gasteiger partial charge in [0, 0.05) is 5.57 Å². The van der Waals surface area contributed by atoms with Gasteiger partial charge < -0.3 is 9.84 Å². The molecule has 0 spiro atoms. The lowest BCUT2D eigenvalue weighted by molar-refractivity contribution is -0.137. The van der Waals surface area contributed by atoms with E-state index in [1.807, 2.05) is 0 Å². The lowest BCUT2D eigenvalue weighted by Gasteiger charge is -2.19. The van der Waals surface area contributed by atoms with E-state index < -0.39 is 11.7 Å². The molecule has 0 saturated carbocycles. The van der Waals surface area contributed by atoms with E-state index in [0.29, 0.717) is 16.9 Å². The first kappa shape index (κ1) is 15.1. The number of hydrogen-bond acceptors (Lipinski definition) is 3. The van der Waals surface area contributed by atoms with Gasteiger partial charge in [-0.1, -0.05) is 12.1 Å². The number of ketones is 1. The highest BCUT2D eigenvalue weighted by molar-refractivity contribution is 6.14. The number of carbonyl (C=O) groups is 1.